The molecule has 0 aliphatic carbocycles. The van der Waals surface area contributed by atoms with Gasteiger partial charge in [-0.15, -0.1) is 24.4 Å². The Morgan fingerprint density at radius 2 is 1.85 bits per heavy atom. The maximum atomic E-state index is 12.8. The first kappa shape index (κ1) is 22.4. The Morgan fingerprint density at radius 1 is 1.15 bits per heavy atom. The molecule has 3 heterocycles. The summed E-state index contributed by atoms with van der Waals surface area (Å²) in [6.07, 6.45) is 2.53. The quantitative estimate of drug-likeness (QED) is 0.626. The predicted octanol–water partition coefficient (Wildman–Crippen LogP) is 4.76. The van der Waals surface area contributed by atoms with Crippen molar-refractivity contribution in [2.45, 2.75) is 25.8 Å². The number of nitriles is 1. The Morgan fingerprint density at radius 3 is 2.48 bits per heavy atom. The molecule has 0 unspecified atom stereocenters. The number of benzene rings is 1. The fourth-order valence-corrected chi connectivity index (χ4v) is 3.98. The van der Waals surface area contributed by atoms with Gasteiger partial charge in [-0.1, -0.05) is 17.7 Å². The molecule has 0 bridgehead atoms. The van der Waals surface area contributed by atoms with Crippen molar-refractivity contribution in [2.75, 3.05) is 19.6 Å². The van der Waals surface area contributed by atoms with Crippen LogP contribution < -0.4 is 0 Å². The molecule has 2 aliphatic rings. The Balaban J connectivity index is 0.000000220. The molecule has 4 nitrogen and oxygen atoms in total. The molecule has 1 saturated heterocycles. The standard InChI is InChI=1S/C13H13FN2O.C7H8NS.Y/c14-12-3-1-10(2-4-12)13(9-15)11-5-7-16(17)8-6-11;1-3-8-5-6-2-4-9-7(1)6;/h1-4,17H,5-8H2;2,4H,1,3,5H2;/q;-1;. The number of nitrogens with zero attached hydrogens (tertiary/aromatic N) is 3. The van der Waals surface area contributed by atoms with Gasteiger partial charge in [0, 0.05) is 50.7 Å². The number of rotatable bonds is 1. The van der Waals surface area contributed by atoms with Gasteiger partial charge < -0.3 is 10.5 Å². The van der Waals surface area contributed by atoms with Crippen LogP contribution in [0, 0.1) is 17.1 Å². The second-order valence-corrected chi connectivity index (χ2v) is 7.28. The van der Waals surface area contributed by atoms with Crippen LogP contribution >= 0.6 is 11.3 Å². The maximum Gasteiger partial charge on any atom is 0.123 e. The van der Waals surface area contributed by atoms with Crippen molar-refractivity contribution in [2.24, 2.45) is 0 Å². The molecule has 1 fully saturated rings. The molecule has 0 atom stereocenters. The molecule has 1 aromatic carbocycles. The van der Waals surface area contributed by atoms with Gasteiger partial charge in [0.25, 0.3) is 0 Å². The molecule has 1 aromatic heterocycles. The van der Waals surface area contributed by atoms with Crippen LogP contribution in [0.15, 0.2) is 41.3 Å². The summed E-state index contributed by atoms with van der Waals surface area (Å²) in [5, 5.41) is 26.2. The summed E-state index contributed by atoms with van der Waals surface area (Å²) in [4.78, 5) is 1.55. The summed E-state index contributed by atoms with van der Waals surface area (Å²) < 4.78 is 12.8. The van der Waals surface area contributed by atoms with E-state index < -0.39 is 0 Å². The zero-order chi connectivity index (χ0) is 18.4. The zero-order valence-corrected chi connectivity index (χ0v) is 18.7. The monoisotopic (exact) mass is 459 g/mol. The van der Waals surface area contributed by atoms with Gasteiger partial charge in [0.1, 0.15) is 5.82 Å². The summed E-state index contributed by atoms with van der Waals surface area (Å²) in [6, 6.07) is 10.3. The summed E-state index contributed by atoms with van der Waals surface area (Å²) in [7, 11) is 0. The van der Waals surface area contributed by atoms with Crippen molar-refractivity contribution < 1.29 is 42.3 Å². The zero-order valence-electron chi connectivity index (χ0n) is 15.1. The number of allylic oxidation sites excluding steroid dienone is 1. The summed E-state index contributed by atoms with van der Waals surface area (Å²) in [5.74, 6) is -0.304. The van der Waals surface area contributed by atoms with Gasteiger partial charge >= 0.3 is 0 Å². The van der Waals surface area contributed by atoms with Gasteiger partial charge in [0.2, 0.25) is 0 Å². The van der Waals surface area contributed by atoms with E-state index in [1.54, 1.807) is 17.0 Å². The maximum absolute atomic E-state index is 12.8. The average molecular weight is 459 g/mol. The Bertz CT molecular complexity index is 783. The van der Waals surface area contributed by atoms with Crippen molar-refractivity contribution in [1.29, 1.82) is 5.26 Å². The van der Waals surface area contributed by atoms with Crippen LogP contribution in [0.25, 0.3) is 10.9 Å². The van der Waals surface area contributed by atoms with Crippen LogP contribution in [0.4, 0.5) is 4.39 Å². The molecule has 4 rings (SSSR count). The number of thiophene rings is 1. The van der Waals surface area contributed by atoms with Gasteiger partial charge in [-0.05, 0) is 54.0 Å². The predicted molar refractivity (Wildman–Crippen MR) is 101 cm³/mol. The van der Waals surface area contributed by atoms with E-state index in [0.717, 1.165) is 24.2 Å². The Labute approximate surface area is 188 Å². The third kappa shape index (κ3) is 6.28. The molecular weight excluding hydrogens is 438 g/mol. The van der Waals surface area contributed by atoms with Crippen molar-refractivity contribution in [3.8, 4) is 6.07 Å². The van der Waals surface area contributed by atoms with Gasteiger partial charge in [-0.2, -0.15) is 10.3 Å². The number of fused-ring (bicyclic) bond motifs is 1. The van der Waals surface area contributed by atoms with Crippen LogP contribution in [0.3, 0.4) is 0 Å². The van der Waals surface area contributed by atoms with Crippen LogP contribution in [-0.4, -0.2) is 29.9 Å². The van der Waals surface area contributed by atoms with Gasteiger partial charge in [0.05, 0.1) is 11.6 Å². The second kappa shape index (κ2) is 11.2. The van der Waals surface area contributed by atoms with E-state index in [1.165, 1.54) is 29.2 Å². The van der Waals surface area contributed by atoms with Gasteiger partial charge in [-0.3, -0.25) is 0 Å². The number of hydrogen-bond acceptors (Lipinski definition) is 4. The van der Waals surface area contributed by atoms with Crippen LogP contribution in [0.2, 0.25) is 0 Å². The Kier molecular flexibility index (Phi) is 9.24. The van der Waals surface area contributed by atoms with E-state index in [4.69, 9.17) is 0 Å². The van der Waals surface area contributed by atoms with E-state index in [2.05, 4.69) is 22.8 Å². The van der Waals surface area contributed by atoms with Crippen LogP contribution in [-0.2, 0) is 45.7 Å². The van der Waals surface area contributed by atoms with E-state index in [0.29, 0.717) is 31.5 Å². The van der Waals surface area contributed by atoms with Crippen LogP contribution in [0.1, 0.15) is 28.8 Å². The number of halogens is 1. The van der Waals surface area contributed by atoms with Crippen LogP contribution in [0.5, 0.6) is 0 Å². The smallest absolute Gasteiger partial charge is 0.123 e. The summed E-state index contributed by atoms with van der Waals surface area (Å²) in [6.45, 7) is 3.08. The van der Waals surface area contributed by atoms with Crippen molar-refractivity contribution in [1.82, 2.24) is 5.06 Å². The molecule has 0 spiro atoms. The molecule has 1 radical (unpaired) electrons. The minimum Gasteiger partial charge on any atom is -0.658 e. The molecule has 2 aromatic rings. The fraction of sp³-hybridized carbons (Fsp3) is 0.350. The molecule has 0 amide bonds. The molecule has 2 aliphatic heterocycles. The second-order valence-electron chi connectivity index (χ2n) is 6.28. The normalized spacial score (nSPS) is 16.3. The molecule has 7 heteroatoms. The molecule has 27 heavy (non-hydrogen) atoms. The fourth-order valence-electron chi connectivity index (χ4n) is 3.09. The van der Waals surface area contributed by atoms with E-state index in [-0.39, 0.29) is 38.5 Å². The molecule has 0 saturated carbocycles. The van der Waals surface area contributed by atoms with Gasteiger partial charge in [0.15, 0.2) is 0 Å². The van der Waals surface area contributed by atoms with Crippen molar-refractivity contribution >= 4 is 16.9 Å². The molecular formula is C20H21FN3OSY-. The van der Waals surface area contributed by atoms with E-state index in [1.807, 2.05) is 11.3 Å². The number of piperidine rings is 1. The Hall–Kier alpha value is -0.936. The molecule has 1 N–H and O–H groups in total. The third-order valence-corrected chi connectivity index (χ3v) is 5.58. The molecule has 139 valence electrons. The summed E-state index contributed by atoms with van der Waals surface area (Å²) >= 11 is 1.87. The number of hydroxylamine groups is 2. The van der Waals surface area contributed by atoms with Crippen molar-refractivity contribution in [3.63, 3.8) is 0 Å². The average Bonchev–Trinajstić information content (AvgIpc) is 3.15. The first-order chi connectivity index (χ1) is 12.7. The van der Waals surface area contributed by atoms with Crippen molar-refractivity contribution in [3.05, 3.63) is 68.4 Å². The minimum atomic E-state index is -0.304. The minimum absolute atomic E-state index is 0. The topological polar surface area (TPSA) is 61.4 Å². The largest absolute Gasteiger partial charge is 0.658 e. The SMILES string of the molecule is N#CC(=C1CCN(O)CC1)c1ccc(F)cc1.[Y].c1cc2c(s1)CC[N-]C2. The van der Waals surface area contributed by atoms with E-state index in [9.17, 15) is 14.9 Å². The summed E-state index contributed by atoms with van der Waals surface area (Å²) in [5.41, 5.74) is 3.84. The number of hydrogen-bond donors (Lipinski definition) is 1. The first-order valence-electron chi connectivity index (χ1n) is 8.67. The third-order valence-electron chi connectivity index (χ3n) is 4.56. The van der Waals surface area contributed by atoms with E-state index >= 15 is 0 Å². The first-order valence-corrected chi connectivity index (χ1v) is 9.55. The van der Waals surface area contributed by atoms with Gasteiger partial charge in [-0.25, -0.2) is 4.39 Å².